The van der Waals surface area contributed by atoms with Crippen molar-refractivity contribution in [1.82, 2.24) is 15.1 Å². The Kier molecular flexibility index (Phi) is 7.27. The van der Waals surface area contributed by atoms with Gasteiger partial charge >= 0.3 is 6.03 Å². The molecule has 2 amide bonds. The van der Waals surface area contributed by atoms with Crippen molar-refractivity contribution in [2.24, 2.45) is 5.92 Å². The second kappa shape index (κ2) is 9.68. The summed E-state index contributed by atoms with van der Waals surface area (Å²) in [6.07, 6.45) is 9.34. The van der Waals surface area contributed by atoms with Crippen LogP contribution in [0.25, 0.3) is 0 Å². The highest BCUT2D eigenvalue weighted by molar-refractivity contribution is 5.75. The third kappa shape index (κ3) is 5.02. The summed E-state index contributed by atoms with van der Waals surface area (Å²) in [5.74, 6) is -1.25. The van der Waals surface area contributed by atoms with Crippen LogP contribution in [0.4, 0.5) is 13.6 Å². The Balaban J connectivity index is 1.74. The van der Waals surface area contributed by atoms with Crippen molar-refractivity contribution in [3.63, 3.8) is 0 Å². The fraction of sp³-hybridized carbons (Fsp3) is 0.682. The Hall–Kier alpha value is -1.69. The van der Waals surface area contributed by atoms with Crippen LogP contribution >= 0.6 is 0 Å². The molecule has 0 bridgehead atoms. The molecule has 1 N–H and O–H groups in total. The molecule has 0 aromatic heterocycles. The molecule has 1 heterocycles. The van der Waals surface area contributed by atoms with Gasteiger partial charge in [-0.3, -0.25) is 4.90 Å². The lowest BCUT2D eigenvalue weighted by atomic mass is 9.88. The van der Waals surface area contributed by atoms with Crippen LogP contribution in [0.5, 0.6) is 0 Å². The van der Waals surface area contributed by atoms with E-state index in [2.05, 4.69) is 17.3 Å². The smallest absolute Gasteiger partial charge is 0.319 e. The minimum atomic E-state index is -0.885. The predicted molar refractivity (Wildman–Crippen MR) is 107 cm³/mol. The molecule has 1 aromatic rings. The quantitative estimate of drug-likeness (QED) is 0.759. The van der Waals surface area contributed by atoms with Gasteiger partial charge in [0, 0.05) is 12.1 Å². The number of nitrogens with zero attached hydrogens (tertiary/aromatic N) is 2. The average molecular weight is 394 g/mol. The lowest BCUT2D eigenvalue weighted by molar-refractivity contribution is 0.0415. The summed E-state index contributed by atoms with van der Waals surface area (Å²) in [6.45, 7) is 3.42. The fourth-order valence-corrected chi connectivity index (χ4v) is 4.64. The lowest BCUT2D eigenvalue weighted by Gasteiger charge is -2.43. The van der Waals surface area contributed by atoms with Gasteiger partial charge in [-0.15, -0.1) is 0 Å². The van der Waals surface area contributed by atoms with Crippen molar-refractivity contribution in [3.8, 4) is 0 Å². The van der Waals surface area contributed by atoms with Crippen LogP contribution in [0.3, 0.4) is 0 Å². The Bertz CT molecular complexity index is 663. The third-order valence-corrected chi connectivity index (χ3v) is 6.32. The number of hydrogen-bond acceptors (Lipinski definition) is 2. The fourth-order valence-electron chi connectivity index (χ4n) is 4.64. The monoisotopic (exact) mass is 393 g/mol. The number of amides is 2. The maximum Gasteiger partial charge on any atom is 0.319 e. The maximum absolute atomic E-state index is 14.1. The van der Waals surface area contributed by atoms with E-state index in [0.717, 1.165) is 51.3 Å². The van der Waals surface area contributed by atoms with E-state index in [1.165, 1.54) is 31.4 Å². The number of carbonyl (C=O) groups excluding carboxylic acids is 1. The zero-order valence-electron chi connectivity index (χ0n) is 17.1. The highest BCUT2D eigenvalue weighted by atomic mass is 19.2. The third-order valence-electron chi connectivity index (χ3n) is 6.32. The van der Waals surface area contributed by atoms with Crippen molar-refractivity contribution in [3.05, 3.63) is 35.4 Å². The Morgan fingerprint density at radius 1 is 1.18 bits per heavy atom. The first-order chi connectivity index (χ1) is 13.5. The molecular weight excluding hydrogens is 360 g/mol. The molecule has 2 unspecified atom stereocenters. The van der Waals surface area contributed by atoms with Gasteiger partial charge in [-0.05, 0) is 64.6 Å². The number of rotatable bonds is 5. The van der Waals surface area contributed by atoms with E-state index in [-0.39, 0.29) is 17.8 Å². The Morgan fingerprint density at radius 2 is 1.89 bits per heavy atom. The molecule has 1 aliphatic heterocycles. The van der Waals surface area contributed by atoms with Crippen molar-refractivity contribution >= 4 is 6.03 Å². The Labute approximate surface area is 167 Å². The normalized spacial score (nSPS) is 22.6. The minimum Gasteiger partial charge on any atom is -0.331 e. The van der Waals surface area contributed by atoms with Crippen LogP contribution in [0.15, 0.2) is 18.2 Å². The average Bonchev–Trinajstić information content (AvgIpc) is 2.69. The largest absolute Gasteiger partial charge is 0.331 e. The molecular formula is C22H33F2N3O. The first-order valence-corrected chi connectivity index (χ1v) is 10.7. The first kappa shape index (κ1) is 21.0. The summed E-state index contributed by atoms with van der Waals surface area (Å²) >= 11 is 0. The molecule has 1 saturated carbocycles. The zero-order valence-corrected chi connectivity index (χ0v) is 17.1. The second-order valence-electron chi connectivity index (χ2n) is 8.43. The van der Waals surface area contributed by atoms with Gasteiger partial charge in [0.05, 0.1) is 12.2 Å². The van der Waals surface area contributed by atoms with Gasteiger partial charge < -0.3 is 10.2 Å². The van der Waals surface area contributed by atoms with Gasteiger partial charge in [0.25, 0.3) is 0 Å². The van der Waals surface area contributed by atoms with E-state index in [0.29, 0.717) is 5.92 Å². The van der Waals surface area contributed by atoms with Gasteiger partial charge in [-0.2, -0.15) is 0 Å². The molecule has 1 saturated heterocycles. The van der Waals surface area contributed by atoms with Crippen LogP contribution in [0.1, 0.15) is 69.9 Å². The summed E-state index contributed by atoms with van der Waals surface area (Å²) in [5, 5.41) is 2.93. The number of hydrogen-bond donors (Lipinski definition) is 1. The SMILES string of the molecule is CC(NC(=O)N(CC1CCCCC1)C1CCCCN1C)c1cccc(F)c1F. The molecule has 2 fully saturated rings. The van der Waals surface area contributed by atoms with E-state index in [4.69, 9.17) is 0 Å². The minimum absolute atomic E-state index is 0.0697. The number of benzene rings is 1. The number of urea groups is 1. The van der Waals surface area contributed by atoms with E-state index in [9.17, 15) is 13.6 Å². The molecule has 0 radical (unpaired) electrons. The lowest BCUT2D eigenvalue weighted by Crippen LogP contribution is -2.56. The van der Waals surface area contributed by atoms with Gasteiger partial charge in [0.2, 0.25) is 0 Å². The maximum atomic E-state index is 14.1. The molecule has 0 spiro atoms. The van der Waals surface area contributed by atoms with Crippen molar-refractivity contribution in [1.29, 1.82) is 0 Å². The van der Waals surface area contributed by atoms with Gasteiger partial charge in [-0.25, -0.2) is 13.6 Å². The van der Waals surface area contributed by atoms with Crippen molar-refractivity contribution < 1.29 is 13.6 Å². The van der Waals surface area contributed by atoms with Crippen LogP contribution in [-0.2, 0) is 0 Å². The summed E-state index contributed by atoms with van der Waals surface area (Å²) in [5.41, 5.74) is 0.183. The number of likely N-dealkylation sites (tertiary alicyclic amines) is 1. The van der Waals surface area contributed by atoms with Crippen LogP contribution in [-0.4, -0.2) is 42.1 Å². The summed E-state index contributed by atoms with van der Waals surface area (Å²) < 4.78 is 27.7. The number of nitrogens with one attached hydrogen (secondary N) is 1. The molecule has 1 aromatic carbocycles. The highest BCUT2D eigenvalue weighted by Gasteiger charge is 2.32. The standard InChI is InChI=1S/C22H33F2N3O/c1-16(18-11-8-12-19(23)21(18)24)25-22(28)27(15-17-9-4-3-5-10-17)20-13-6-7-14-26(20)2/h8,11-12,16-17,20H,3-7,9-10,13-15H2,1-2H3,(H,25,28). The van der Waals surface area contributed by atoms with Gasteiger partial charge in [0.15, 0.2) is 11.6 Å². The predicted octanol–water partition coefficient (Wildman–Crippen LogP) is 5.06. The number of halogens is 2. The molecule has 2 aliphatic rings. The zero-order chi connectivity index (χ0) is 20.1. The van der Waals surface area contributed by atoms with Crippen LogP contribution in [0, 0.1) is 17.6 Å². The van der Waals surface area contributed by atoms with Gasteiger partial charge in [0.1, 0.15) is 0 Å². The van der Waals surface area contributed by atoms with E-state index in [1.54, 1.807) is 6.92 Å². The summed E-state index contributed by atoms with van der Waals surface area (Å²) in [7, 11) is 2.07. The summed E-state index contributed by atoms with van der Waals surface area (Å²) in [6, 6.07) is 3.33. The second-order valence-corrected chi connectivity index (χ2v) is 8.43. The van der Waals surface area contributed by atoms with E-state index < -0.39 is 17.7 Å². The summed E-state index contributed by atoms with van der Waals surface area (Å²) in [4.78, 5) is 17.4. The topological polar surface area (TPSA) is 35.6 Å². The molecule has 156 valence electrons. The van der Waals surface area contributed by atoms with E-state index >= 15 is 0 Å². The molecule has 2 atom stereocenters. The highest BCUT2D eigenvalue weighted by Crippen LogP contribution is 2.28. The molecule has 6 heteroatoms. The van der Waals surface area contributed by atoms with Gasteiger partial charge in [-0.1, -0.05) is 31.4 Å². The van der Waals surface area contributed by atoms with Crippen molar-refractivity contribution in [2.75, 3.05) is 20.1 Å². The number of piperidine rings is 1. The van der Waals surface area contributed by atoms with E-state index in [1.807, 2.05) is 4.90 Å². The molecule has 3 rings (SSSR count). The molecule has 4 nitrogen and oxygen atoms in total. The number of carbonyl (C=O) groups is 1. The molecule has 28 heavy (non-hydrogen) atoms. The van der Waals surface area contributed by atoms with Crippen LogP contribution < -0.4 is 5.32 Å². The molecule has 1 aliphatic carbocycles. The van der Waals surface area contributed by atoms with Crippen LogP contribution in [0.2, 0.25) is 0 Å². The van der Waals surface area contributed by atoms with Crippen molar-refractivity contribution in [2.45, 2.75) is 70.5 Å². The Morgan fingerprint density at radius 3 is 2.61 bits per heavy atom. The first-order valence-electron chi connectivity index (χ1n) is 10.7.